The third-order valence-electron chi connectivity index (χ3n) is 5.10. The number of hydrogen-bond donors (Lipinski definition) is 0. The summed E-state index contributed by atoms with van der Waals surface area (Å²) in [6, 6.07) is 11.5. The summed E-state index contributed by atoms with van der Waals surface area (Å²) in [5.74, 6) is -0.110. The monoisotopic (exact) mass is 402 g/mol. The number of esters is 1. The van der Waals surface area contributed by atoms with Crippen LogP contribution in [0.25, 0.3) is 0 Å². The SMILES string of the molecule is CC(C)(C)C(=O)OCC(C[Si](C)(C)C)=C1CCC(OCc2ccccc2)CC1. The topological polar surface area (TPSA) is 35.5 Å². The summed E-state index contributed by atoms with van der Waals surface area (Å²) in [6.07, 6.45) is 4.57. The zero-order valence-electron chi connectivity index (χ0n) is 18.6. The van der Waals surface area contributed by atoms with E-state index in [2.05, 4.69) is 43.9 Å². The third kappa shape index (κ3) is 7.92. The van der Waals surface area contributed by atoms with E-state index in [1.54, 1.807) is 0 Å². The molecule has 0 bridgehead atoms. The van der Waals surface area contributed by atoms with E-state index < -0.39 is 13.5 Å². The lowest BCUT2D eigenvalue weighted by Crippen LogP contribution is -2.27. The minimum atomic E-state index is -1.28. The van der Waals surface area contributed by atoms with Crippen LogP contribution in [-0.2, 0) is 20.9 Å². The van der Waals surface area contributed by atoms with Crippen molar-refractivity contribution >= 4 is 14.0 Å². The predicted octanol–water partition coefficient (Wildman–Crippen LogP) is 6.37. The van der Waals surface area contributed by atoms with Crippen LogP contribution in [0, 0.1) is 5.41 Å². The van der Waals surface area contributed by atoms with Crippen molar-refractivity contribution in [1.29, 1.82) is 0 Å². The highest BCUT2D eigenvalue weighted by molar-refractivity contribution is 6.76. The molecule has 1 saturated carbocycles. The second-order valence-corrected chi connectivity index (χ2v) is 15.7. The first-order valence-corrected chi connectivity index (χ1v) is 14.3. The lowest BCUT2D eigenvalue weighted by molar-refractivity contribution is -0.151. The molecule has 0 atom stereocenters. The van der Waals surface area contributed by atoms with Gasteiger partial charge in [-0.05, 0) is 63.6 Å². The Bertz CT molecular complexity index is 655. The summed E-state index contributed by atoms with van der Waals surface area (Å²) in [5, 5.41) is 0. The summed E-state index contributed by atoms with van der Waals surface area (Å²) in [7, 11) is -1.28. The maximum Gasteiger partial charge on any atom is 0.311 e. The van der Waals surface area contributed by atoms with Gasteiger partial charge in [0.25, 0.3) is 0 Å². The number of carbonyl (C=O) groups is 1. The summed E-state index contributed by atoms with van der Waals surface area (Å²) in [5.41, 5.74) is 3.66. The van der Waals surface area contributed by atoms with E-state index in [1.807, 2.05) is 26.8 Å². The van der Waals surface area contributed by atoms with Crippen LogP contribution in [-0.4, -0.2) is 26.8 Å². The third-order valence-corrected chi connectivity index (χ3v) is 6.59. The van der Waals surface area contributed by atoms with Crippen LogP contribution in [0.3, 0.4) is 0 Å². The van der Waals surface area contributed by atoms with Crippen molar-refractivity contribution in [3.63, 3.8) is 0 Å². The van der Waals surface area contributed by atoms with Crippen LogP contribution < -0.4 is 0 Å². The van der Waals surface area contributed by atoms with Crippen LogP contribution in [0.1, 0.15) is 52.0 Å². The molecule has 28 heavy (non-hydrogen) atoms. The highest BCUT2D eigenvalue weighted by Gasteiger charge is 2.26. The number of hydrogen-bond acceptors (Lipinski definition) is 3. The minimum Gasteiger partial charge on any atom is -0.461 e. The molecule has 0 amide bonds. The van der Waals surface area contributed by atoms with Gasteiger partial charge in [-0.3, -0.25) is 4.79 Å². The summed E-state index contributed by atoms with van der Waals surface area (Å²) in [6.45, 7) is 14.0. The molecule has 156 valence electrons. The lowest BCUT2D eigenvalue weighted by atomic mass is 9.89. The fraction of sp³-hybridized carbons (Fsp3) is 0.625. The largest absolute Gasteiger partial charge is 0.461 e. The van der Waals surface area contributed by atoms with Gasteiger partial charge in [0, 0.05) is 8.07 Å². The molecule has 1 aliphatic rings. The number of carbonyl (C=O) groups excluding carboxylic acids is 1. The van der Waals surface area contributed by atoms with E-state index in [4.69, 9.17) is 9.47 Å². The van der Waals surface area contributed by atoms with Crippen LogP contribution in [0.15, 0.2) is 41.5 Å². The smallest absolute Gasteiger partial charge is 0.311 e. The van der Waals surface area contributed by atoms with E-state index >= 15 is 0 Å². The summed E-state index contributed by atoms with van der Waals surface area (Å²) >= 11 is 0. The molecular formula is C24H38O3Si. The molecule has 0 radical (unpaired) electrons. The van der Waals surface area contributed by atoms with Crippen LogP contribution in [0.4, 0.5) is 0 Å². The van der Waals surface area contributed by atoms with Gasteiger partial charge >= 0.3 is 5.97 Å². The molecule has 0 saturated heterocycles. The first-order valence-electron chi connectivity index (χ1n) is 10.6. The zero-order chi connectivity index (χ0) is 20.8. The van der Waals surface area contributed by atoms with Crippen molar-refractivity contribution in [2.24, 2.45) is 5.41 Å². The fourth-order valence-corrected chi connectivity index (χ4v) is 5.17. The average molecular weight is 403 g/mol. The van der Waals surface area contributed by atoms with Crippen molar-refractivity contribution in [3.05, 3.63) is 47.0 Å². The van der Waals surface area contributed by atoms with Crippen molar-refractivity contribution in [2.45, 2.75) is 84.9 Å². The maximum atomic E-state index is 12.2. The van der Waals surface area contributed by atoms with Gasteiger partial charge in [-0.25, -0.2) is 0 Å². The van der Waals surface area contributed by atoms with E-state index in [0.717, 1.165) is 31.7 Å². The molecule has 3 nitrogen and oxygen atoms in total. The van der Waals surface area contributed by atoms with Crippen molar-refractivity contribution in [3.8, 4) is 0 Å². The summed E-state index contributed by atoms with van der Waals surface area (Å²) in [4.78, 5) is 12.2. The van der Waals surface area contributed by atoms with Crippen molar-refractivity contribution in [2.75, 3.05) is 6.61 Å². The number of ether oxygens (including phenoxy) is 2. The van der Waals surface area contributed by atoms with Gasteiger partial charge in [0.05, 0.1) is 18.1 Å². The van der Waals surface area contributed by atoms with Gasteiger partial charge in [0.2, 0.25) is 0 Å². The van der Waals surface area contributed by atoms with E-state index in [1.165, 1.54) is 16.7 Å². The Balaban J connectivity index is 1.95. The molecule has 0 N–H and O–H groups in total. The summed E-state index contributed by atoms with van der Waals surface area (Å²) < 4.78 is 11.8. The van der Waals surface area contributed by atoms with Crippen LogP contribution in [0.2, 0.25) is 25.7 Å². The second kappa shape index (κ2) is 9.88. The Hall–Kier alpha value is -1.39. The highest BCUT2D eigenvalue weighted by atomic mass is 28.3. The molecule has 2 rings (SSSR count). The molecule has 1 fully saturated rings. The Labute approximate surface area is 172 Å². The van der Waals surface area contributed by atoms with Gasteiger partial charge in [-0.15, -0.1) is 0 Å². The molecule has 1 aromatic carbocycles. The van der Waals surface area contributed by atoms with Gasteiger partial charge in [-0.2, -0.15) is 0 Å². The molecule has 1 aromatic rings. The predicted molar refractivity (Wildman–Crippen MR) is 119 cm³/mol. The molecule has 0 aliphatic heterocycles. The number of benzene rings is 1. The quantitative estimate of drug-likeness (QED) is 0.302. The van der Waals surface area contributed by atoms with Crippen molar-refractivity contribution in [1.82, 2.24) is 0 Å². The zero-order valence-corrected chi connectivity index (χ0v) is 19.6. The van der Waals surface area contributed by atoms with E-state index in [9.17, 15) is 4.79 Å². The van der Waals surface area contributed by atoms with Gasteiger partial charge in [0.1, 0.15) is 6.61 Å². The molecule has 0 unspecified atom stereocenters. The Kier molecular flexibility index (Phi) is 8.08. The Morgan fingerprint density at radius 1 is 1.07 bits per heavy atom. The molecule has 0 spiro atoms. The number of allylic oxidation sites excluding steroid dienone is 1. The van der Waals surface area contributed by atoms with Crippen molar-refractivity contribution < 1.29 is 14.3 Å². The molecule has 0 heterocycles. The first-order chi connectivity index (χ1) is 13.0. The minimum absolute atomic E-state index is 0.110. The molecule has 0 aromatic heterocycles. The van der Waals surface area contributed by atoms with Gasteiger partial charge in [-0.1, -0.05) is 55.5 Å². The molecule has 1 aliphatic carbocycles. The standard InChI is InChI=1S/C24H38O3Si/c1-24(2,3)23(25)27-17-21(18-28(4,5)6)20-12-14-22(15-13-20)26-16-19-10-8-7-9-11-19/h7-11,22H,12-18H2,1-6H3. The maximum absolute atomic E-state index is 12.2. The van der Waals surface area contributed by atoms with E-state index in [0.29, 0.717) is 19.3 Å². The molecule has 4 heteroatoms. The second-order valence-electron chi connectivity index (χ2n) is 10.3. The fourth-order valence-electron chi connectivity index (χ4n) is 3.54. The highest BCUT2D eigenvalue weighted by Crippen LogP contribution is 2.32. The molecular weight excluding hydrogens is 364 g/mol. The Morgan fingerprint density at radius 2 is 1.68 bits per heavy atom. The first kappa shape index (κ1) is 22.9. The van der Waals surface area contributed by atoms with Gasteiger partial charge < -0.3 is 9.47 Å². The van der Waals surface area contributed by atoms with E-state index in [-0.39, 0.29) is 5.97 Å². The lowest BCUT2D eigenvalue weighted by Gasteiger charge is -2.29. The van der Waals surface area contributed by atoms with Crippen LogP contribution >= 0.6 is 0 Å². The number of rotatable bonds is 7. The normalized spacial score (nSPS) is 18.1. The Morgan fingerprint density at radius 3 is 2.21 bits per heavy atom. The average Bonchev–Trinajstić information content (AvgIpc) is 2.63. The van der Waals surface area contributed by atoms with Gasteiger partial charge in [0.15, 0.2) is 0 Å². The van der Waals surface area contributed by atoms with Crippen LogP contribution in [0.5, 0.6) is 0 Å².